The number of furan rings is 1. The van der Waals surface area contributed by atoms with Crippen LogP contribution in [0.2, 0.25) is 0 Å². The molecule has 98 valence electrons. The molecule has 2 rings (SSSR count). The van der Waals surface area contributed by atoms with Gasteiger partial charge in [-0.3, -0.25) is 4.68 Å². The van der Waals surface area contributed by atoms with E-state index in [4.69, 9.17) is 10.2 Å². The van der Waals surface area contributed by atoms with E-state index in [2.05, 4.69) is 5.10 Å². The first kappa shape index (κ1) is 12.7. The smallest absolute Gasteiger partial charge is 0.419 e. The van der Waals surface area contributed by atoms with Crippen LogP contribution in [0.5, 0.6) is 0 Å². The second kappa shape index (κ2) is 4.49. The van der Waals surface area contributed by atoms with E-state index in [0.717, 1.165) is 12.4 Å². The van der Waals surface area contributed by atoms with E-state index in [-0.39, 0.29) is 6.54 Å². The highest BCUT2D eigenvalue weighted by molar-refractivity contribution is 5.14. The van der Waals surface area contributed by atoms with Crippen LogP contribution in [-0.2, 0) is 6.18 Å². The topological polar surface area (TPSA) is 57.0 Å². The molecule has 0 radical (unpaired) electrons. The SMILES string of the molecule is Cc1ccc(C(CN)n2cc(C(F)(F)F)cn2)o1. The average Bonchev–Trinajstić information content (AvgIpc) is 2.88. The average molecular weight is 259 g/mol. The lowest BCUT2D eigenvalue weighted by molar-refractivity contribution is -0.137. The molecule has 0 saturated heterocycles. The zero-order chi connectivity index (χ0) is 13.3. The molecule has 0 bridgehead atoms. The number of hydrogen-bond donors (Lipinski definition) is 1. The standard InChI is InChI=1S/C11H12F3N3O/c1-7-2-3-10(18-7)9(4-15)17-6-8(5-16-17)11(12,13)14/h2-3,5-6,9H,4,15H2,1H3. The van der Waals surface area contributed by atoms with Gasteiger partial charge < -0.3 is 10.2 Å². The van der Waals surface area contributed by atoms with Crippen molar-refractivity contribution < 1.29 is 17.6 Å². The number of halogens is 3. The van der Waals surface area contributed by atoms with Crippen molar-refractivity contribution in [3.63, 3.8) is 0 Å². The summed E-state index contributed by atoms with van der Waals surface area (Å²) < 4.78 is 43.9. The molecule has 0 aliphatic rings. The van der Waals surface area contributed by atoms with Gasteiger partial charge in [-0.2, -0.15) is 18.3 Å². The molecule has 0 aliphatic heterocycles. The Labute approximate surface area is 101 Å². The van der Waals surface area contributed by atoms with Crippen LogP contribution in [0, 0.1) is 6.92 Å². The Hall–Kier alpha value is -1.76. The van der Waals surface area contributed by atoms with Gasteiger partial charge in [0.25, 0.3) is 0 Å². The van der Waals surface area contributed by atoms with Gasteiger partial charge in [-0.15, -0.1) is 0 Å². The Balaban J connectivity index is 2.31. The highest BCUT2D eigenvalue weighted by Crippen LogP contribution is 2.30. The van der Waals surface area contributed by atoms with E-state index in [9.17, 15) is 13.2 Å². The molecule has 4 nitrogen and oxygen atoms in total. The van der Waals surface area contributed by atoms with E-state index in [1.54, 1.807) is 19.1 Å². The summed E-state index contributed by atoms with van der Waals surface area (Å²) in [4.78, 5) is 0. The lowest BCUT2D eigenvalue weighted by Gasteiger charge is -2.12. The third kappa shape index (κ3) is 2.40. The fourth-order valence-electron chi connectivity index (χ4n) is 1.64. The minimum Gasteiger partial charge on any atom is -0.464 e. The zero-order valence-corrected chi connectivity index (χ0v) is 9.61. The maximum absolute atomic E-state index is 12.5. The summed E-state index contributed by atoms with van der Waals surface area (Å²) in [6.45, 7) is 1.85. The van der Waals surface area contributed by atoms with Crippen molar-refractivity contribution in [2.24, 2.45) is 5.73 Å². The number of nitrogens with two attached hydrogens (primary N) is 1. The predicted octanol–water partition coefficient (Wildman–Crippen LogP) is 2.35. The summed E-state index contributed by atoms with van der Waals surface area (Å²) in [5, 5.41) is 3.70. The number of hydrogen-bond acceptors (Lipinski definition) is 3. The van der Waals surface area contributed by atoms with Gasteiger partial charge in [0.15, 0.2) is 0 Å². The number of alkyl halides is 3. The van der Waals surface area contributed by atoms with E-state index in [1.807, 2.05) is 0 Å². The first-order valence-electron chi connectivity index (χ1n) is 5.29. The maximum Gasteiger partial charge on any atom is 0.419 e. The first-order chi connectivity index (χ1) is 8.41. The molecule has 2 N–H and O–H groups in total. The lowest BCUT2D eigenvalue weighted by atomic mass is 10.2. The molecular weight excluding hydrogens is 247 g/mol. The fraction of sp³-hybridized carbons (Fsp3) is 0.364. The molecule has 2 aromatic rings. The van der Waals surface area contributed by atoms with Crippen molar-refractivity contribution in [3.8, 4) is 0 Å². The molecule has 0 fully saturated rings. The first-order valence-corrected chi connectivity index (χ1v) is 5.29. The van der Waals surface area contributed by atoms with Crippen molar-refractivity contribution >= 4 is 0 Å². The Morgan fingerprint density at radius 2 is 2.17 bits per heavy atom. The van der Waals surface area contributed by atoms with Gasteiger partial charge in [0.05, 0.1) is 11.8 Å². The number of aromatic nitrogens is 2. The number of nitrogens with zero attached hydrogens (tertiary/aromatic N) is 2. The third-order valence-corrected chi connectivity index (χ3v) is 2.56. The minimum atomic E-state index is -4.41. The second-order valence-corrected chi connectivity index (χ2v) is 3.91. The van der Waals surface area contributed by atoms with Crippen molar-refractivity contribution in [1.82, 2.24) is 9.78 Å². The molecule has 0 aromatic carbocycles. The summed E-state index contributed by atoms with van der Waals surface area (Å²) in [6, 6.07) is 2.88. The van der Waals surface area contributed by atoms with Crippen molar-refractivity contribution in [1.29, 1.82) is 0 Å². The largest absolute Gasteiger partial charge is 0.464 e. The Morgan fingerprint density at radius 3 is 2.61 bits per heavy atom. The predicted molar refractivity (Wildman–Crippen MR) is 57.9 cm³/mol. The molecular formula is C11H12F3N3O. The lowest BCUT2D eigenvalue weighted by Crippen LogP contribution is -2.20. The number of rotatable bonds is 3. The molecule has 1 atom stereocenters. The summed E-state index contributed by atoms with van der Waals surface area (Å²) in [5.41, 5.74) is 4.76. The monoisotopic (exact) mass is 259 g/mol. The van der Waals surface area contributed by atoms with Crippen LogP contribution in [0.25, 0.3) is 0 Å². The Bertz CT molecular complexity index is 530. The van der Waals surface area contributed by atoms with Crippen LogP contribution in [0.3, 0.4) is 0 Å². The van der Waals surface area contributed by atoms with Gasteiger partial charge in [0.1, 0.15) is 17.6 Å². The molecule has 1 unspecified atom stereocenters. The van der Waals surface area contributed by atoms with E-state index in [1.165, 1.54) is 4.68 Å². The normalized spacial score (nSPS) is 13.8. The minimum absolute atomic E-state index is 0.103. The Morgan fingerprint density at radius 1 is 1.44 bits per heavy atom. The maximum atomic E-state index is 12.5. The summed E-state index contributed by atoms with van der Waals surface area (Å²) >= 11 is 0. The van der Waals surface area contributed by atoms with E-state index < -0.39 is 17.8 Å². The molecule has 2 heterocycles. The van der Waals surface area contributed by atoms with Gasteiger partial charge in [-0.25, -0.2) is 0 Å². The van der Waals surface area contributed by atoms with Crippen LogP contribution < -0.4 is 5.73 Å². The Kier molecular flexibility index (Phi) is 3.16. The van der Waals surface area contributed by atoms with Gasteiger partial charge in [0.2, 0.25) is 0 Å². The van der Waals surface area contributed by atoms with Crippen LogP contribution >= 0.6 is 0 Å². The quantitative estimate of drug-likeness (QED) is 0.920. The summed E-state index contributed by atoms with van der Waals surface area (Å²) in [6.07, 6.45) is -2.70. The zero-order valence-electron chi connectivity index (χ0n) is 9.61. The molecule has 0 spiro atoms. The van der Waals surface area contributed by atoms with Gasteiger partial charge in [-0.05, 0) is 19.1 Å². The van der Waals surface area contributed by atoms with Crippen LogP contribution in [0.4, 0.5) is 13.2 Å². The molecule has 0 amide bonds. The fourth-order valence-corrected chi connectivity index (χ4v) is 1.64. The van der Waals surface area contributed by atoms with Gasteiger partial charge >= 0.3 is 6.18 Å². The van der Waals surface area contributed by atoms with Crippen molar-refractivity contribution in [2.45, 2.75) is 19.1 Å². The van der Waals surface area contributed by atoms with Gasteiger partial charge in [0, 0.05) is 12.7 Å². The van der Waals surface area contributed by atoms with E-state index >= 15 is 0 Å². The van der Waals surface area contributed by atoms with Crippen molar-refractivity contribution in [3.05, 3.63) is 41.6 Å². The van der Waals surface area contributed by atoms with Crippen LogP contribution in [-0.4, -0.2) is 16.3 Å². The van der Waals surface area contributed by atoms with Gasteiger partial charge in [-0.1, -0.05) is 0 Å². The van der Waals surface area contributed by atoms with Crippen LogP contribution in [0.1, 0.15) is 23.1 Å². The number of aryl methyl sites for hydroxylation is 1. The molecule has 0 aliphatic carbocycles. The second-order valence-electron chi connectivity index (χ2n) is 3.91. The highest BCUT2D eigenvalue weighted by atomic mass is 19.4. The van der Waals surface area contributed by atoms with Crippen LogP contribution in [0.15, 0.2) is 28.9 Å². The molecule has 18 heavy (non-hydrogen) atoms. The third-order valence-electron chi connectivity index (χ3n) is 2.56. The van der Waals surface area contributed by atoms with E-state index in [0.29, 0.717) is 11.5 Å². The summed E-state index contributed by atoms with van der Waals surface area (Å²) in [7, 11) is 0. The highest BCUT2D eigenvalue weighted by Gasteiger charge is 2.33. The molecule has 7 heteroatoms. The summed E-state index contributed by atoms with van der Waals surface area (Å²) in [5.74, 6) is 1.17. The molecule has 2 aromatic heterocycles. The molecule has 0 saturated carbocycles. The van der Waals surface area contributed by atoms with Crippen molar-refractivity contribution in [2.75, 3.05) is 6.54 Å².